The molecule has 1 N–H and O–H groups in total. The highest BCUT2D eigenvalue weighted by Gasteiger charge is 2.01. The van der Waals surface area contributed by atoms with Crippen LogP contribution in [0.15, 0.2) is 42.5 Å². The van der Waals surface area contributed by atoms with Crippen LogP contribution in [0.1, 0.15) is 18.1 Å². The molecule has 0 aliphatic rings. The molecule has 0 heterocycles. The van der Waals surface area contributed by atoms with E-state index in [0.29, 0.717) is 6.61 Å². The first-order valence-electron chi connectivity index (χ1n) is 6.83. The number of nitrogens with one attached hydrogen (secondary N) is 1. The van der Waals surface area contributed by atoms with Gasteiger partial charge in [-0.1, -0.05) is 12.1 Å². The van der Waals surface area contributed by atoms with Gasteiger partial charge in [0.1, 0.15) is 11.5 Å². The Kier molecular flexibility index (Phi) is 4.88. The third-order valence-electron chi connectivity index (χ3n) is 3.15. The van der Waals surface area contributed by atoms with E-state index in [4.69, 9.17) is 9.47 Å². The number of hydrogen-bond donors (Lipinski definition) is 1. The summed E-state index contributed by atoms with van der Waals surface area (Å²) in [7, 11) is 1.68. The van der Waals surface area contributed by atoms with Gasteiger partial charge in [-0.05, 0) is 55.3 Å². The summed E-state index contributed by atoms with van der Waals surface area (Å²) in [6.07, 6.45) is 0. The lowest BCUT2D eigenvalue weighted by molar-refractivity contribution is 0.340. The maximum Gasteiger partial charge on any atom is 0.119 e. The van der Waals surface area contributed by atoms with E-state index >= 15 is 0 Å². The summed E-state index contributed by atoms with van der Waals surface area (Å²) >= 11 is 0. The van der Waals surface area contributed by atoms with Crippen molar-refractivity contribution >= 4 is 5.69 Å². The van der Waals surface area contributed by atoms with Crippen LogP contribution >= 0.6 is 0 Å². The van der Waals surface area contributed by atoms with Crippen molar-refractivity contribution in [2.24, 2.45) is 0 Å². The van der Waals surface area contributed by atoms with Gasteiger partial charge >= 0.3 is 0 Å². The van der Waals surface area contributed by atoms with E-state index in [1.54, 1.807) is 7.11 Å². The molecule has 3 nitrogen and oxygen atoms in total. The van der Waals surface area contributed by atoms with E-state index in [9.17, 15) is 0 Å². The predicted octanol–water partition coefficient (Wildman–Crippen LogP) is 4.01. The average molecular weight is 271 g/mol. The third kappa shape index (κ3) is 3.67. The van der Waals surface area contributed by atoms with Crippen molar-refractivity contribution in [2.45, 2.75) is 20.4 Å². The van der Waals surface area contributed by atoms with Crippen molar-refractivity contribution in [3.63, 3.8) is 0 Å². The number of ether oxygens (including phenoxy) is 2. The number of anilines is 1. The van der Waals surface area contributed by atoms with Crippen molar-refractivity contribution in [3.8, 4) is 11.5 Å². The van der Waals surface area contributed by atoms with Crippen molar-refractivity contribution in [3.05, 3.63) is 53.6 Å². The molecule has 2 aromatic rings. The van der Waals surface area contributed by atoms with Crippen LogP contribution in [0.5, 0.6) is 11.5 Å². The number of aryl methyl sites for hydroxylation is 1. The van der Waals surface area contributed by atoms with Crippen LogP contribution in [0.2, 0.25) is 0 Å². The molecule has 0 saturated heterocycles. The summed E-state index contributed by atoms with van der Waals surface area (Å²) < 4.78 is 10.6. The Morgan fingerprint density at radius 1 is 1.00 bits per heavy atom. The Balaban J connectivity index is 1.99. The maximum atomic E-state index is 5.49. The summed E-state index contributed by atoms with van der Waals surface area (Å²) in [5.74, 6) is 1.80. The van der Waals surface area contributed by atoms with Gasteiger partial charge in [0.05, 0.1) is 13.7 Å². The maximum absolute atomic E-state index is 5.49. The Hall–Kier alpha value is -2.16. The van der Waals surface area contributed by atoms with Crippen LogP contribution in [0.4, 0.5) is 5.69 Å². The minimum absolute atomic E-state index is 0.693. The molecular formula is C17H21NO2. The molecule has 2 rings (SSSR count). The quantitative estimate of drug-likeness (QED) is 0.861. The number of methoxy groups -OCH3 is 1. The second-order valence-electron chi connectivity index (χ2n) is 4.61. The molecule has 0 atom stereocenters. The van der Waals surface area contributed by atoms with Gasteiger partial charge in [0, 0.05) is 12.2 Å². The molecule has 106 valence electrons. The third-order valence-corrected chi connectivity index (χ3v) is 3.15. The fourth-order valence-electron chi connectivity index (χ4n) is 2.03. The molecule has 0 fully saturated rings. The Morgan fingerprint density at radius 3 is 2.30 bits per heavy atom. The lowest BCUT2D eigenvalue weighted by Crippen LogP contribution is -2.01. The van der Waals surface area contributed by atoms with Crippen molar-refractivity contribution in [2.75, 3.05) is 19.0 Å². The van der Waals surface area contributed by atoms with Gasteiger partial charge in [-0.15, -0.1) is 0 Å². The van der Waals surface area contributed by atoms with Crippen LogP contribution in [0.3, 0.4) is 0 Å². The van der Waals surface area contributed by atoms with Gasteiger partial charge in [-0.25, -0.2) is 0 Å². The minimum Gasteiger partial charge on any atom is -0.497 e. The largest absolute Gasteiger partial charge is 0.497 e. The monoisotopic (exact) mass is 271 g/mol. The molecule has 0 bridgehead atoms. The van der Waals surface area contributed by atoms with E-state index < -0.39 is 0 Å². The first-order chi connectivity index (χ1) is 9.72. The van der Waals surface area contributed by atoms with Gasteiger partial charge in [-0.2, -0.15) is 0 Å². The predicted molar refractivity (Wildman–Crippen MR) is 82.7 cm³/mol. The zero-order valence-corrected chi connectivity index (χ0v) is 12.3. The summed E-state index contributed by atoms with van der Waals surface area (Å²) in [5.41, 5.74) is 3.54. The SMILES string of the molecule is CCOc1ccc(NCc2ccc(OC)cc2)c(C)c1. The van der Waals surface area contributed by atoms with Gasteiger partial charge in [0.2, 0.25) is 0 Å². The minimum atomic E-state index is 0.693. The van der Waals surface area contributed by atoms with Crippen molar-refractivity contribution < 1.29 is 9.47 Å². The molecule has 20 heavy (non-hydrogen) atoms. The number of benzene rings is 2. The van der Waals surface area contributed by atoms with Crippen LogP contribution in [-0.4, -0.2) is 13.7 Å². The number of hydrogen-bond acceptors (Lipinski definition) is 3. The molecule has 0 unspecified atom stereocenters. The molecule has 0 saturated carbocycles. The molecule has 0 amide bonds. The Bertz CT molecular complexity index is 549. The summed E-state index contributed by atoms with van der Waals surface area (Å²) in [5, 5.41) is 3.44. The highest BCUT2D eigenvalue weighted by molar-refractivity contribution is 5.53. The van der Waals surface area contributed by atoms with Crippen LogP contribution < -0.4 is 14.8 Å². The summed E-state index contributed by atoms with van der Waals surface area (Å²) in [6.45, 7) is 5.56. The fraction of sp³-hybridized carbons (Fsp3) is 0.294. The number of rotatable bonds is 6. The first kappa shape index (κ1) is 14.3. The Labute approximate surface area is 120 Å². The molecule has 2 aromatic carbocycles. The van der Waals surface area contributed by atoms with Crippen LogP contribution in [0, 0.1) is 6.92 Å². The summed E-state index contributed by atoms with van der Waals surface area (Å²) in [6, 6.07) is 14.2. The van der Waals surface area contributed by atoms with Crippen molar-refractivity contribution in [1.82, 2.24) is 0 Å². The lowest BCUT2D eigenvalue weighted by atomic mass is 10.1. The molecule has 0 radical (unpaired) electrons. The molecule has 0 aliphatic heterocycles. The normalized spacial score (nSPS) is 10.2. The van der Waals surface area contributed by atoms with Crippen molar-refractivity contribution in [1.29, 1.82) is 0 Å². The zero-order chi connectivity index (χ0) is 14.4. The molecule has 3 heteroatoms. The van der Waals surface area contributed by atoms with E-state index in [1.807, 2.05) is 25.1 Å². The highest BCUT2D eigenvalue weighted by atomic mass is 16.5. The second kappa shape index (κ2) is 6.85. The molecular weight excluding hydrogens is 250 g/mol. The van der Waals surface area contributed by atoms with Crippen LogP contribution in [-0.2, 0) is 6.54 Å². The summed E-state index contributed by atoms with van der Waals surface area (Å²) in [4.78, 5) is 0. The average Bonchev–Trinajstić information content (AvgIpc) is 2.47. The molecule has 0 aromatic heterocycles. The topological polar surface area (TPSA) is 30.5 Å². The second-order valence-corrected chi connectivity index (χ2v) is 4.61. The zero-order valence-electron chi connectivity index (χ0n) is 12.3. The van der Waals surface area contributed by atoms with E-state index in [1.165, 1.54) is 11.1 Å². The lowest BCUT2D eigenvalue weighted by Gasteiger charge is -2.12. The van der Waals surface area contributed by atoms with E-state index in [2.05, 4.69) is 36.5 Å². The van der Waals surface area contributed by atoms with Gasteiger partial charge < -0.3 is 14.8 Å². The van der Waals surface area contributed by atoms with Crippen LogP contribution in [0.25, 0.3) is 0 Å². The molecule has 0 aliphatic carbocycles. The standard InChI is InChI=1S/C17H21NO2/c1-4-20-16-9-10-17(13(2)11-16)18-12-14-5-7-15(19-3)8-6-14/h5-11,18H,4,12H2,1-3H3. The fourth-order valence-corrected chi connectivity index (χ4v) is 2.03. The van der Waals surface area contributed by atoms with E-state index in [-0.39, 0.29) is 0 Å². The smallest absolute Gasteiger partial charge is 0.119 e. The highest BCUT2D eigenvalue weighted by Crippen LogP contribution is 2.22. The van der Waals surface area contributed by atoms with Gasteiger partial charge in [-0.3, -0.25) is 0 Å². The van der Waals surface area contributed by atoms with Gasteiger partial charge in [0.25, 0.3) is 0 Å². The van der Waals surface area contributed by atoms with E-state index in [0.717, 1.165) is 23.7 Å². The molecule has 0 spiro atoms. The Morgan fingerprint density at radius 2 is 1.70 bits per heavy atom. The first-order valence-corrected chi connectivity index (χ1v) is 6.83. The van der Waals surface area contributed by atoms with Gasteiger partial charge in [0.15, 0.2) is 0 Å².